The van der Waals surface area contributed by atoms with Crippen molar-refractivity contribution in [3.8, 4) is 11.9 Å². The Hall–Kier alpha value is -2.80. The first-order valence-electron chi connectivity index (χ1n) is 7.47. The van der Waals surface area contributed by atoms with Crippen molar-refractivity contribution in [3.63, 3.8) is 0 Å². The van der Waals surface area contributed by atoms with Crippen molar-refractivity contribution in [3.05, 3.63) is 46.8 Å². The third-order valence-electron chi connectivity index (χ3n) is 3.58. The van der Waals surface area contributed by atoms with E-state index in [4.69, 9.17) is 25.5 Å². The van der Waals surface area contributed by atoms with E-state index in [1.807, 2.05) is 13.0 Å². The van der Waals surface area contributed by atoms with Crippen molar-refractivity contribution in [2.45, 2.75) is 13.0 Å². The van der Waals surface area contributed by atoms with E-state index in [-0.39, 0.29) is 23.6 Å². The fourth-order valence-electron chi connectivity index (χ4n) is 2.31. The lowest BCUT2D eigenvalue weighted by molar-refractivity contribution is 0.0928. The molecule has 0 unspecified atom stereocenters. The maximum absolute atomic E-state index is 12.5. The SMILES string of the molecule is COc1cc(C(=O)N[C@H](C)c2cc3cc(Cl)ccc3o2)nc(OC)n1. The summed E-state index contributed by atoms with van der Waals surface area (Å²) in [6, 6.07) is 8.30. The number of hydrogen-bond donors (Lipinski definition) is 1. The Labute approximate surface area is 148 Å². The van der Waals surface area contributed by atoms with E-state index in [9.17, 15) is 4.79 Å². The first-order valence-corrected chi connectivity index (χ1v) is 7.85. The van der Waals surface area contributed by atoms with E-state index in [2.05, 4.69) is 15.3 Å². The van der Waals surface area contributed by atoms with Gasteiger partial charge in [-0.05, 0) is 31.2 Å². The van der Waals surface area contributed by atoms with Crippen LogP contribution in [-0.4, -0.2) is 30.1 Å². The highest BCUT2D eigenvalue weighted by Crippen LogP contribution is 2.26. The van der Waals surface area contributed by atoms with Crippen LogP contribution in [0.25, 0.3) is 11.0 Å². The predicted octanol–water partition coefficient (Wildman–Crippen LogP) is 3.38. The molecule has 0 radical (unpaired) electrons. The van der Waals surface area contributed by atoms with Gasteiger partial charge in [0.25, 0.3) is 5.91 Å². The van der Waals surface area contributed by atoms with Crippen LogP contribution in [0.4, 0.5) is 0 Å². The molecule has 8 heteroatoms. The summed E-state index contributed by atoms with van der Waals surface area (Å²) >= 11 is 5.98. The molecule has 0 aliphatic rings. The molecule has 2 aromatic heterocycles. The zero-order chi connectivity index (χ0) is 18.0. The number of methoxy groups -OCH3 is 2. The lowest BCUT2D eigenvalue weighted by Crippen LogP contribution is -2.27. The second-order valence-corrected chi connectivity index (χ2v) is 5.74. The Morgan fingerprint density at radius 2 is 2.00 bits per heavy atom. The highest BCUT2D eigenvalue weighted by atomic mass is 35.5. The number of halogens is 1. The van der Waals surface area contributed by atoms with Gasteiger partial charge in [-0.1, -0.05) is 11.6 Å². The molecule has 2 heterocycles. The number of carbonyl (C=O) groups excluding carboxylic acids is 1. The number of rotatable bonds is 5. The summed E-state index contributed by atoms with van der Waals surface area (Å²) in [7, 11) is 2.87. The summed E-state index contributed by atoms with van der Waals surface area (Å²) in [6.45, 7) is 1.81. The van der Waals surface area contributed by atoms with Crippen LogP contribution < -0.4 is 14.8 Å². The summed E-state index contributed by atoms with van der Waals surface area (Å²) in [5.41, 5.74) is 0.834. The normalized spacial score (nSPS) is 12.0. The van der Waals surface area contributed by atoms with Gasteiger partial charge in [0.1, 0.15) is 17.0 Å². The van der Waals surface area contributed by atoms with Gasteiger partial charge < -0.3 is 19.2 Å². The van der Waals surface area contributed by atoms with Gasteiger partial charge in [0.2, 0.25) is 5.88 Å². The molecular weight excluding hydrogens is 346 g/mol. The molecule has 7 nitrogen and oxygen atoms in total. The average molecular weight is 362 g/mol. The number of hydrogen-bond acceptors (Lipinski definition) is 6. The minimum atomic E-state index is -0.398. The van der Waals surface area contributed by atoms with Crippen LogP contribution in [0.3, 0.4) is 0 Å². The van der Waals surface area contributed by atoms with E-state index in [0.717, 1.165) is 5.39 Å². The Kier molecular flexibility index (Phi) is 4.76. The third-order valence-corrected chi connectivity index (χ3v) is 3.81. The van der Waals surface area contributed by atoms with E-state index in [1.165, 1.54) is 20.3 Å². The molecule has 0 aliphatic heterocycles. The largest absolute Gasteiger partial charge is 0.481 e. The van der Waals surface area contributed by atoms with Crippen molar-refractivity contribution in [2.75, 3.05) is 14.2 Å². The number of fused-ring (bicyclic) bond motifs is 1. The van der Waals surface area contributed by atoms with Gasteiger partial charge in [-0.2, -0.15) is 9.97 Å². The number of amides is 1. The highest BCUT2D eigenvalue weighted by molar-refractivity contribution is 6.31. The van der Waals surface area contributed by atoms with Crippen LogP contribution in [0.2, 0.25) is 5.02 Å². The fourth-order valence-corrected chi connectivity index (χ4v) is 2.49. The summed E-state index contributed by atoms with van der Waals surface area (Å²) in [5.74, 6) is 0.451. The predicted molar refractivity (Wildman–Crippen MR) is 92.2 cm³/mol. The van der Waals surface area contributed by atoms with Gasteiger partial charge in [0.15, 0.2) is 0 Å². The second kappa shape index (κ2) is 6.98. The highest BCUT2D eigenvalue weighted by Gasteiger charge is 2.18. The molecule has 3 rings (SSSR count). The Balaban J connectivity index is 1.81. The van der Waals surface area contributed by atoms with E-state index in [0.29, 0.717) is 16.4 Å². The molecule has 0 spiro atoms. The summed E-state index contributed by atoms with van der Waals surface area (Å²) in [6.07, 6.45) is 0. The molecule has 0 aliphatic carbocycles. The molecule has 130 valence electrons. The lowest BCUT2D eigenvalue weighted by atomic mass is 10.2. The number of nitrogens with one attached hydrogen (secondary N) is 1. The van der Waals surface area contributed by atoms with E-state index < -0.39 is 5.91 Å². The molecule has 0 fully saturated rings. The van der Waals surface area contributed by atoms with Gasteiger partial charge in [-0.3, -0.25) is 4.79 Å². The molecule has 0 saturated carbocycles. The first kappa shape index (κ1) is 17.0. The van der Waals surface area contributed by atoms with Crippen LogP contribution in [0.15, 0.2) is 34.7 Å². The maximum Gasteiger partial charge on any atom is 0.320 e. The molecule has 1 atom stereocenters. The Morgan fingerprint density at radius 3 is 2.72 bits per heavy atom. The fraction of sp³-hybridized carbons (Fsp3) is 0.235. The molecule has 0 saturated heterocycles. The van der Waals surface area contributed by atoms with Gasteiger partial charge in [0, 0.05) is 16.5 Å². The molecule has 1 amide bonds. The molecule has 3 aromatic rings. The van der Waals surface area contributed by atoms with Crippen molar-refractivity contribution in [2.24, 2.45) is 0 Å². The van der Waals surface area contributed by atoms with Gasteiger partial charge >= 0.3 is 6.01 Å². The Bertz CT molecular complexity index is 903. The van der Waals surface area contributed by atoms with Crippen molar-refractivity contribution in [1.29, 1.82) is 0 Å². The third kappa shape index (κ3) is 3.66. The summed E-state index contributed by atoms with van der Waals surface area (Å²) in [5, 5.41) is 4.31. The zero-order valence-corrected chi connectivity index (χ0v) is 14.6. The Morgan fingerprint density at radius 1 is 1.20 bits per heavy atom. The molecule has 1 N–H and O–H groups in total. The maximum atomic E-state index is 12.5. The topological polar surface area (TPSA) is 86.5 Å². The van der Waals surface area contributed by atoms with Crippen LogP contribution in [0.5, 0.6) is 11.9 Å². The van der Waals surface area contributed by atoms with Crippen molar-refractivity contribution >= 4 is 28.5 Å². The molecule has 0 bridgehead atoms. The van der Waals surface area contributed by atoms with Crippen LogP contribution in [-0.2, 0) is 0 Å². The van der Waals surface area contributed by atoms with Gasteiger partial charge in [-0.25, -0.2) is 0 Å². The summed E-state index contributed by atoms with van der Waals surface area (Å²) in [4.78, 5) is 20.4. The average Bonchev–Trinajstić information content (AvgIpc) is 3.04. The molecule has 25 heavy (non-hydrogen) atoms. The smallest absolute Gasteiger partial charge is 0.320 e. The van der Waals surface area contributed by atoms with Crippen molar-refractivity contribution < 1.29 is 18.7 Å². The minimum Gasteiger partial charge on any atom is -0.481 e. The number of furan rings is 1. The number of aromatic nitrogens is 2. The second-order valence-electron chi connectivity index (χ2n) is 5.31. The van der Waals surface area contributed by atoms with Crippen LogP contribution in [0, 0.1) is 0 Å². The monoisotopic (exact) mass is 361 g/mol. The zero-order valence-electron chi connectivity index (χ0n) is 13.9. The number of benzene rings is 1. The molecular formula is C17H16ClN3O4. The number of nitrogens with zero attached hydrogens (tertiary/aromatic N) is 2. The first-order chi connectivity index (χ1) is 12.0. The minimum absolute atomic E-state index is 0.0514. The number of carbonyl (C=O) groups is 1. The summed E-state index contributed by atoms with van der Waals surface area (Å²) < 4.78 is 15.8. The quantitative estimate of drug-likeness (QED) is 0.749. The van der Waals surface area contributed by atoms with Crippen LogP contribution >= 0.6 is 11.6 Å². The van der Waals surface area contributed by atoms with Crippen LogP contribution in [0.1, 0.15) is 29.2 Å². The number of ether oxygens (including phenoxy) is 2. The lowest BCUT2D eigenvalue weighted by Gasteiger charge is -2.11. The standard InChI is InChI=1S/C17H16ClN3O4/c1-9(14-7-10-6-11(18)4-5-13(10)25-14)19-16(22)12-8-15(23-2)21-17(20-12)24-3/h4-9H,1-3H3,(H,19,22)/t9-/m1/s1. The van der Waals surface area contributed by atoms with E-state index in [1.54, 1.807) is 18.2 Å². The van der Waals surface area contributed by atoms with E-state index >= 15 is 0 Å². The van der Waals surface area contributed by atoms with Crippen molar-refractivity contribution in [1.82, 2.24) is 15.3 Å². The van der Waals surface area contributed by atoms with Gasteiger partial charge in [-0.15, -0.1) is 0 Å². The molecule has 1 aromatic carbocycles. The van der Waals surface area contributed by atoms with Gasteiger partial charge in [0.05, 0.1) is 20.3 Å².